The van der Waals surface area contributed by atoms with Crippen LogP contribution in [0.15, 0.2) is 24.3 Å². The molecule has 0 aromatic heterocycles. The number of terminal acetylenes is 1. The maximum atomic E-state index is 11.5. The number of rotatable bonds is 4. The first kappa shape index (κ1) is 16.1. The van der Waals surface area contributed by atoms with Gasteiger partial charge in [-0.3, -0.25) is 0 Å². The minimum Gasteiger partial charge on any atom is -0.444 e. The maximum absolute atomic E-state index is 11.5. The lowest BCUT2D eigenvalue weighted by atomic mass is 10.0. The predicted octanol–water partition coefficient (Wildman–Crippen LogP) is 2.06. The highest BCUT2D eigenvalue weighted by atomic mass is 16.6. The summed E-state index contributed by atoms with van der Waals surface area (Å²) in [6, 6.07) is 7.43. The average Bonchev–Trinajstić information content (AvgIpc) is 2.35. The topological polar surface area (TPSA) is 64.3 Å². The first-order chi connectivity index (χ1) is 9.31. The van der Waals surface area contributed by atoms with Crippen molar-refractivity contribution in [3.8, 4) is 12.3 Å². The summed E-state index contributed by atoms with van der Waals surface area (Å²) >= 11 is 0. The third-order valence-corrected chi connectivity index (χ3v) is 2.56. The van der Waals surface area contributed by atoms with Gasteiger partial charge in [-0.2, -0.15) is 0 Å². The van der Waals surface area contributed by atoms with E-state index in [0.717, 1.165) is 11.1 Å². The summed E-state index contributed by atoms with van der Waals surface area (Å²) < 4.78 is 5.15. The molecule has 0 saturated carbocycles. The Morgan fingerprint density at radius 3 is 2.70 bits per heavy atom. The number of hydrogen-bond acceptors (Lipinski definition) is 3. The highest BCUT2D eigenvalue weighted by molar-refractivity contribution is 5.67. The number of carbonyl (C=O) groups excluding carboxylic acids is 1. The molecule has 0 bridgehead atoms. The average molecular weight is 274 g/mol. The Labute approximate surface area is 120 Å². The molecular weight excluding hydrogens is 252 g/mol. The van der Waals surface area contributed by atoms with Gasteiger partial charge in [-0.15, -0.1) is 6.42 Å². The summed E-state index contributed by atoms with van der Waals surface area (Å²) in [7, 11) is 0. The number of ether oxygens (including phenoxy) is 1. The van der Waals surface area contributed by atoms with Gasteiger partial charge < -0.3 is 15.8 Å². The SMILES string of the molecule is C#Cc1ccccc1CC(N)CNC(=O)OC(C)(C)C. The van der Waals surface area contributed by atoms with Gasteiger partial charge in [0.05, 0.1) is 0 Å². The number of nitrogens with one attached hydrogen (secondary N) is 1. The van der Waals surface area contributed by atoms with Crippen molar-refractivity contribution in [3.63, 3.8) is 0 Å². The Balaban J connectivity index is 2.47. The lowest BCUT2D eigenvalue weighted by Gasteiger charge is -2.21. The van der Waals surface area contributed by atoms with Crippen LogP contribution in [0.2, 0.25) is 0 Å². The summed E-state index contributed by atoms with van der Waals surface area (Å²) in [6.45, 7) is 5.79. The van der Waals surface area contributed by atoms with Crippen LogP contribution in [0.5, 0.6) is 0 Å². The summed E-state index contributed by atoms with van der Waals surface area (Å²) in [4.78, 5) is 11.5. The van der Waals surface area contributed by atoms with Crippen LogP contribution in [0.25, 0.3) is 0 Å². The Morgan fingerprint density at radius 1 is 1.45 bits per heavy atom. The fraction of sp³-hybridized carbons (Fsp3) is 0.438. The van der Waals surface area contributed by atoms with E-state index in [1.165, 1.54) is 0 Å². The van der Waals surface area contributed by atoms with Gasteiger partial charge in [0.1, 0.15) is 5.60 Å². The highest BCUT2D eigenvalue weighted by Crippen LogP contribution is 2.09. The van der Waals surface area contributed by atoms with Crippen LogP contribution in [-0.4, -0.2) is 24.3 Å². The van der Waals surface area contributed by atoms with Crippen LogP contribution in [0.1, 0.15) is 31.9 Å². The van der Waals surface area contributed by atoms with Crippen molar-refractivity contribution in [2.45, 2.75) is 38.8 Å². The molecule has 0 fully saturated rings. The Bertz CT molecular complexity index is 498. The second-order valence-corrected chi connectivity index (χ2v) is 5.65. The second-order valence-electron chi connectivity index (χ2n) is 5.65. The molecule has 0 saturated heterocycles. The van der Waals surface area contributed by atoms with Crippen molar-refractivity contribution in [1.82, 2.24) is 5.32 Å². The molecule has 3 N–H and O–H groups in total. The van der Waals surface area contributed by atoms with Gasteiger partial charge in [0.25, 0.3) is 0 Å². The highest BCUT2D eigenvalue weighted by Gasteiger charge is 2.16. The molecule has 1 aromatic carbocycles. The largest absolute Gasteiger partial charge is 0.444 e. The zero-order valence-corrected chi connectivity index (χ0v) is 12.3. The van der Waals surface area contributed by atoms with E-state index >= 15 is 0 Å². The van der Waals surface area contributed by atoms with Crippen molar-refractivity contribution >= 4 is 6.09 Å². The van der Waals surface area contributed by atoms with Crippen molar-refractivity contribution in [2.75, 3.05) is 6.54 Å². The zero-order valence-electron chi connectivity index (χ0n) is 12.3. The maximum Gasteiger partial charge on any atom is 0.407 e. The molecule has 4 nitrogen and oxygen atoms in total. The van der Waals surface area contributed by atoms with Crippen LogP contribution >= 0.6 is 0 Å². The number of carbonyl (C=O) groups is 1. The molecule has 0 aliphatic heterocycles. The van der Waals surface area contributed by atoms with E-state index in [1.54, 1.807) is 0 Å². The van der Waals surface area contributed by atoms with E-state index in [4.69, 9.17) is 16.9 Å². The molecule has 20 heavy (non-hydrogen) atoms. The first-order valence-corrected chi connectivity index (χ1v) is 6.59. The van der Waals surface area contributed by atoms with Crippen LogP contribution in [0.4, 0.5) is 4.79 Å². The number of nitrogens with two attached hydrogens (primary N) is 1. The first-order valence-electron chi connectivity index (χ1n) is 6.59. The molecule has 1 unspecified atom stereocenters. The van der Waals surface area contributed by atoms with Gasteiger partial charge in [0.2, 0.25) is 0 Å². The molecular formula is C16H22N2O2. The molecule has 1 aromatic rings. The van der Waals surface area contributed by atoms with Crippen molar-refractivity contribution < 1.29 is 9.53 Å². The lowest BCUT2D eigenvalue weighted by Crippen LogP contribution is -2.41. The molecule has 1 atom stereocenters. The number of alkyl carbamates (subject to hydrolysis) is 1. The standard InChI is InChI=1S/C16H22N2O2/c1-5-12-8-6-7-9-13(12)10-14(17)11-18-15(19)20-16(2,3)4/h1,6-9,14H,10-11,17H2,2-4H3,(H,18,19). The van der Waals surface area contributed by atoms with Crippen LogP contribution in [0.3, 0.4) is 0 Å². The normalized spacial score (nSPS) is 12.3. The molecule has 0 aliphatic rings. The summed E-state index contributed by atoms with van der Waals surface area (Å²) in [6.07, 6.45) is 5.58. The summed E-state index contributed by atoms with van der Waals surface area (Å²) in [5, 5.41) is 2.66. The third kappa shape index (κ3) is 5.77. The quantitative estimate of drug-likeness (QED) is 0.826. The van der Waals surface area contributed by atoms with E-state index in [2.05, 4.69) is 11.2 Å². The van der Waals surface area contributed by atoms with Crippen LogP contribution in [-0.2, 0) is 11.2 Å². The lowest BCUT2D eigenvalue weighted by molar-refractivity contribution is 0.0524. The van der Waals surface area contributed by atoms with E-state index in [1.807, 2.05) is 45.0 Å². The minimum atomic E-state index is -0.510. The molecule has 0 spiro atoms. The molecule has 0 aliphatic carbocycles. The second kappa shape index (κ2) is 6.97. The van der Waals surface area contributed by atoms with Crippen molar-refractivity contribution in [1.29, 1.82) is 0 Å². The van der Waals surface area contributed by atoms with Gasteiger partial charge in [0.15, 0.2) is 0 Å². The molecule has 4 heteroatoms. The number of amides is 1. The predicted molar refractivity (Wildman–Crippen MR) is 80.3 cm³/mol. The van der Waals surface area contributed by atoms with Crippen LogP contribution in [0, 0.1) is 12.3 Å². The molecule has 0 heterocycles. The fourth-order valence-corrected chi connectivity index (χ4v) is 1.72. The van der Waals surface area contributed by atoms with E-state index in [0.29, 0.717) is 13.0 Å². The molecule has 0 radical (unpaired) electrons. The van der Waals surface area contributed by atoms with E-state index in [9.17, 15) is 4.79 Å². The van der Waals surface area contributed by atoms with Crippen molar-refractivity contribution in [3.05, 3.63) is 35.4 Å². The Morgan fingerprint density at radius 2 is 2.10 bits per heavy atom. The van der Waals surface area contributed by atoms with Gasteiger partial charge in [0, 0.05) is 18.2 Å². The van der Waals surface area contributed by atoms with E-state index < -0.39 is 11.7 Å². The van der Waals surface area contributed by atoms with Gasteiger partial charge in [-0.25, -0.2) is 4.79 Å². The van der Waals surface area contributed by atoms with Crippen LogP contribution < -0.4 is 11.1 Å². The zero-order chi connectivity index (χ0) is 15.2. The minimum absolute atomic E-state index is 0.211. The summed E-state index contributed by atoms with van der Waals surface area (Å²) in [5.41, 5.74) is 7.33. The molecule has 108 valence electrons. The van der Waals surface area contributed by atoms with Gasteiger partial charge in [-0.05, 0) is 38.8 Å². The monoisotopic (exact) mass is 274 g/mol. The Hall–Kier alpha value is -1.99. The smallest absolute Gasteiger partial charge is 0.407 e. The van der Waals surface area contributed by atoms with E-state index in [-0.39, 0.29) is 6.04 Å². The van der Waals surface area contributed by atoms with Crippen molar-refractivity contribution in [2.24, 2.45) is 5.73 Å². The third-order valence-electron chi connectivity index (χ3n) is 2.56. The molecule has 1 amide bonds. The van der Waals surface area contributed by atoms with Gasteiger partial charge in [-0.1, -0.05) is 24.1 Å². The fourth-order valence-electron chi connectivity index (χ4n) is 1.72. The Kier molecular flexibility index (Phi) is 5.60. The summed E-state index contributed by atoms with van der Waals surface area (Å²) in [5.74, 6) is 2.63. The number of benzene rings is 1. The molecule has 1 rings (SSSR count). The van der Waals surface area contributed by atoms with Gasteiger partial charge >= 0.3 is 6.09 Å². The number of hydrogen-bond donors (Lipinski definition) is 2.